The molecule has 0 bridgehead atoms. The van der Waals surface area contributed by atoms with Gasteiger partial charge in [-0.05, 0) is 38.0 Å². The van der Waals surface area contributed by atoms with Crippen molar-refractivity contribution in [3.05, 3.63) is 35.6 Å². The smallest absolute Gasteiger partial charge is 0.209 e. The molecule has 0 amide bonds. The molecule has 0 atom stereocenters. The second-order valence-electron chi connectivity index (χ2n) is 5.99. The summed E-state index contributed by atoms with van der Waals surface area (Å²) in [5.41, 5.74) is 0.385. The maximum absolute atomic E-state index is 12.8. The largest absolute Gasteiger partial charge is 0.356 e. The molecule has 0 aliphatic rings. The quantitative estimate of drug-likeness (QED) is 0.506. The van der Waals surface area contributed by atoms with E-state index in [9.17, 15) is 12.8 Å². The second-order valence-corrected chi connectivity index (χ2v) is 7.74. The van der Waals surface area contributed by atoms with Crippen molar-refractivity contribution < 1.29 is 12.8 Å². The highest BCUT2D eigenvalue weighted by Crippen LogP contribution is 2.03. The van der Waals surface area contributed by atoms with Crippen molar-refractivity contribution >= 4 is 16.0 Å². The zero-order valence-electron chi connectivity index (χ0n) is 14.0. The zero-order chi connectivity index (χ0) is 17.5. The molecule has 0 aliphatic heterocycles. The van der Waals surface area contributed by atoms with Crippen molar-refractivity contribution in [3.63, 3.8) is 0 Å². The molecule has 6 nitrogen and oxygen atoms in total. The van der Waals surface area contributed by atoms with Crippen molar-refractivity contribution in [1.82, 2.24) is 15.4 Å². The van der Waals surface area contributed by atoms with Gasteiger partial charge in [0.05, 0.1) is 6.26 Å². The van der Waals surface area contributed by atoms with Gasteiger partial charge in [0.25, 0.3) is 0 Å². The molecule has 0 aromatic heterocycles. The lowest BCUT2D eigenvalue weighted by Gasteiger charge is -2.26. The number of halogens is 1. The van der Waals surface area contributed by atoms with Crippen LogP contribution in [0, 0.1) is 5.82 Å². The van der Waals surface area contributed by atoms with E-state index in [1.165, 1.54) is 12.1 Å². The Morgan fingerprint density at radius 1 is 1.22 bits per heavy atom. The van der Waals surface area contributed by atoms with E-state index in [1.807, 2.05) is 0 Å². The lowest BCUT2D eigenvalue weighted by molar-refractivity contribution is 0.446. The predicted octanol–water partition coefficient (Wildman–Crippen LogP) is 0.861. The first-order chi connectivity index (χ1) is 10.6. The molecule has 1 rings (SSSR count). The minimum atomic E-state index is -3.27. The molecule has 23 heavy (non-hydrogen) atoms. The molecule has 1 aromatic rings. The number of rotatable bonds is 7. The lowest BCUT2D eigenvalue weighted by Crippen LogP contribution is -2.53. The monoisotopic (exact) mass is 344 g/mol. The third-order valence-corrected chi connectivity index (χ3v) is 3.93. The Morgan fingerprint density at radius 3 is 2.35 bits per heavy atom. The van der Waals surface area contributed by atoms with Crippen LogP contribution in [-0.4, -0.2) is 46.3 Å². The van der Waals surface area contributed by atoms with Gasteiger partial charge >= 0.3 is 0 Å². The average Bonchev–Trinajstić information content (AvgIpc) is 2.42. The summed E-state index contributed by atoms with van der Waals surface area (Å²) in [5.74, 6) is 0.329. The third kappa shape index (κ3) is 8.51. The highest BCUT2D eigenvalue weighted by Gasteiger charge is 2.22. The Hall–Kier alpha value is -1.67. The second kappa shape index (κ2) is 8.26. The van der Waals surface area contributed by atoms with Crippen molar-refractivity contribution in [1.29, 1.82) is 0 Å². The number of nitrogens with zero attached hydrogens (tertiary/aromatic N) is 1. The first-order valence-corrected chi connectivity index (χ1v) is 9.18. The first-order valence-electron chi connectivity index (χ1n) is 7.29. The van der Waals surface area contributed by atoms with Gasteiger partial charge in [0.15, 0.2) is 5.96 Å². The Morgan fingerprint density at radius 2 is 1.83 bits per heavy atom. The molecule has 0 aliphatic carbocycles. The maximum atomic E-state index is 12.8. The number of aliphatic imine (C=N–C) groups is 1. The molecule has 0 unspecified atom stereocenters. The number of guanidine groups is 1. The van der Waals surface area contributed by atoms with Gasteiger partial charge < -0.3 is 10.6 Å². The van der Waals surface area contributed by atoms with Crippen LogP contribution in [0.25, 0.3) is 0 Å². The van der Waals surface area contributed by atoms with Gasteiger partial charge in [0.2, 0.25) is 10.0 Å². The molecule has 1 aromatic carbocycles. The standard InChI is InChI=1S/C15H25FN4O2S/c1-15(2,20-23(4,21)22)11-19-14(17-3)18-10-9-12-5-7-13(16)8-6-12/h5-8,20H,9-11H2,1-4H3,(H2,17,18,19). The molecule has 8 heteroatoms. The van der Waals surface area contributed by atoms with Crippen LogP contribution in [0.4, 0.5) is 4.39 Å². The van der Waals surface area contributed by atoms with Crippen LogP contribution < -0.4 is 15.4 Å². The normalized spacial score (nSPS) is 13.0. The average molecular weight is 344 g/mol. The van der Waals surface area contributed by atoms with Crippen LogP contribution in [0.2, 0.25) is 0 Å². The van der Waals surface area contributed by atoms with E-state index in [2.05, 4.69) is 20.3 Å². The summed E-state index contributed by atoms with van der Waals surface area (Å²) >= 11 is 0. The zero-order valence-corrected chi connectivity index (χ0v) is 14.8. The fourth-order valence-corrected chi connectivity index (χ4v) is 3.12. The Balaban J connectivity index is 2.41. The SMILES string of the molecule is CN=C(NCCc1ccc(F)cc1)NCC(C)(C)NS(C)(=O)=O. The van der Waals surface area contributed by atoms with Crippen LogP contribution in [0.15, 0.2) is 29.3 Å². The summed E-state index contributed by atoms with van der Waals surface area (Å²) in [7, 11) is -1.63. The molecular formula is C15H25FN4O2S. The van der Waals surface area contributed by atoms with Gasteiger partial charge in [-0.15, -0.1) is 0 Å². The van der Waals surface area contributed by atoms with E-state index in [0.717, 1.165) is 18.2 Å². The van der Waals surface area contributed by atoms with E-state index in [-0.39, 0.29) is 5.82 Å². The molecule has 0 radical (unpaired) electrons. The number of hydrogen-bond donors (Lipinski definition) is 3. The number of nitrogens with one attached hydrogen (secondary N) is 3. The summed E-state index contributed by atoms with van der Waals surface area (Å²) in [6.07, 6.45) is 1.86. The number of benzene rings is 1. The summed E-state index contributed by atoms with van der Waals surface area (Å²) in [6, 6.07) is 6.35. The van der Waals surface area contributed by atoms with Crippen molar-refractivity contribution in [2.45, 2.75) is 25.8 Å². The molecular weight excluding hydrogens is 319 g/mol. The molecule has 0 heterocycles. The number of sulfonamides is 1. The highest BCUT2D eigenvalue weighted by molar-refractivity contribution is 7.88. The van der Waals surface area contributed by atoms with Gasteiger partial charge in [0, 0.05) is 25.7 Å². The molecule has 0 fully saturated rings. The van der Waals surface area contributed by atoms with Gasteiger partial charge in [-0.25, -0.2) is 17.5 Å². The van der Waals surface area contributed by atoms with E-state index >= 15 is 0 Å². The van der Waals surface area contributed by atoms with Crippen LogP contribution in [0.5, 0.6) is 0 Å². The minimum absolute atomic E-state index is 0.250. The summed E-state index contributed by atoms with van der Waals surface area (Å²) in [4.78, 5) is 4.09. The van der Waals surface area contributed by atoms with Crippen molar-refractivity contribution in [2.75, 3.05) is 26.4 Å². The highest BCUT2D eigenvalue weighted by atomic mass is 32.2. The Kier molecular flexibility index (Phi) is 6.96. The van der Waals surface area contributed by atoms with Crippen LogP contribution >= 0.6 is 0 Å². The van der Waals surface area contributed by atoms with Gasteiger partial charge in [0.1, 0.15) is 5.82 Å². The fraction of sp³-hybridized carbons (Fsp3) is 0.533. The fourth-order valence-electron chi connectivity index (χ4n) is 2.04. The van der Waals surface area contributed by atoms with Crippen LogP contribution in [-0.2, 0) is 16.4 Å². The predicted molar refractivity (Wildman–Crippen MR) is 91.5 cm³/mol. The third-order valence-electron chi connectivity index (χ3n) is 3.00. The summed E-state index contributed by atoms with van der Waals surface area (Å²) < 4.78 is 38.0. The van der Waals surface area contributed by atoms with E-state index in [0.29, 0.717) is 19.0 Å². The molecule has 130 valence electrons. The number of hydrogen-bond acceptors (Lipinski definition) is 3. The molecule has 0 saturated carbocycles. The first kappa shape index (κ1) is 19.4. The van der Waals surface area contributed by atoms with Crippen LogP contribution in [0.3, 0.4) is 0 Å². The molecule has 0 saturated heterocycles. The van der Waals surface area contributed by atoms with E-state index < -0.39 is 15.6 Å². The Bertz CT molecular complexity index is 627. The minimum Gasteiger partial charge on any atom is -0.356 e. The summed E-state index contributed by atoms with van der Waals surface area (Å²) in [5, 5.41) is 6.22. The van der Waals surface area contributed by atoms with Gasteiger partial charge in [-0.3, -0.25) is 4.99 Å². The van der Waals surface area contributed by atoms with Crippen molar-refractivity contribution in [2.24, 2.45) is 4.99 Å². The van der Waals surface area contributed by atoms with Gasteiger partial charge in [-0.1, -0.05) is 12.1 Å². The Labute approximate surface area is 137 Å². The van der Waals surface area contributed by atoms with Gasteiger partial charge in [-0.2, -0.15) is 0 Å². The van der Waals surface area contributed by atoms with Crippen LogP contribution in [0.1, 0.15) is 19.4 Å². The molecule has 0 spiro atoms. The van der Waals surface area contributed by atoms with E-state index in [1.54, 1.807) is 33.0 Å². The summed E-state index contributed by atoms with van der Waals surface area (Å²) in [6.45, 7) is 4.58. The maximum Gasteiger partial charge on any atom is 0.209 e. The lowest BCUT2D eigenvalue weighted by atomic mass is 10.1. The van der Waals surface area contributed by atoms with E-state index in [4.69, 9.17) is 0 Å². The topological polar surface area (TPSA) is 82.6 Å². The molecule has 3 N–H and O–H groups in total. The van der Waals surface area contributed by atoms with Crippen molar-refractivity contribution in [3.8, 4) is 0 Å².